The van der Waals surface area contributed by atoms with Gasteiger partial charge in [0.05, 0.1) is 30.9 Å². The van der Waals surface area contributed by atoms with Gasteiger partial charge in [-0.1, -0.05) is 100 Å². The molecule has 24 heteroatoms. The number of para-hydroxylation sites is 1. The fourth-order valence-corrected chi connectivity index (χ4v) is 10.1. The third kappa shape index (κ3) is 20.3. The molecule has 75 heavy (non-hydrogen) atoms. The third-order valence-corrected chi connectivity index (χ3v) is 14.3. The number of fused-ring (bicyclic) bond motifs is 1. The van der Waals surface area contributed by atoms with Crippen molar-refractivity contribution in [1.29, 1.82) is 0 Å². The SMILES string of the molecule is CC(=O)O.CC(O)C1NC(=O)[C@H](CCCCN)NC(=O)[C@@H](Cc2c[nH]c3ccccc23)NC(=O)[C@H](Cc2ccccc2)NC(=O)[C@@H](NC(=O)[C@H](N)Cc2ccccc2)CSSCC(C(=O)N[C@H](CO)[C@@H](C)O)NC1=O. The fourth-order valence-electron chi connectivity index (χ4n) is 7.73. The Kier molecular flexibility index (Phi) is 25.5. The zero-order valence-corrected chi connectivity index (χ0v) is 43.7. The molecule has 5 rings (SSSR count). The molecule has 408 valence electrons. The molecule has 1 fully saturated rings. The Balaban J connectivity index is 0.00000293. The predicted molar refractivity (Wildman–Crippen MR) is 285 cm³/mol. The van der Waals surface area contributed by atoms with Gasteiger partial charge in [-0.05, 0) is 68.8 Å². The molecule has 0 aliphatic carbocycles. The van der Waals surface area contributed by atoms with E-state index in [1.165, 1.54) is 13.8 Å². The molecule has 0 spiro atoms. The summed E-state index contributed by atoms with van der Waals surface area (Å²) in [6.45, 7) is 3.31. The van der Waals surface area contributed by atoms with Crippen LogP contribution in [0.3, 0.4) is 0 Å². The fraction of sp³-hybridized carbons (Fsp3) is 0.451. The lowest BCUT2D eigenvalue weighted by molar-refractivity contribution is -0.136. The number of carbonyl (C=O) groups is 8. The average Bonchev–Trinajstić information content (AvgIpc) is 3.78. The second-order valence-electron chi connectivity index (χ2n) is 18.0. The minimum Gasteiger partial charge on any atom is -0.481 e. The number of aromatic nitrogens is 1. The quantitative estimate of drug-likeness (QED) is 0.0459. The number of aliphatic hydroxyl groups excluding tert-OH is 3. The molecule has 3 unspecified atom stereocenters. The number of rotatable bonds is 17. The molecule has 1 aliphatic heterocycles. The second-order valence-corrected chi connectivity index (χ2v) is 20.5. The molecule has 16 N–H and O–H groups in total. The van der Waals surface area contributed by atoms with Crippen LogP contribution in [-0.4, -0.2) is 158 Å². The Morgan fingerprint density at radius 2 is 1.28 bits per heavy atom. The molecule has 2 heterocycles. The molecular formula is C51H70N10O12S2. The molecule has 10 atom stereocenters. The summed E-state index contributed by atoms with van der Waals surface area (Å²) < 4.78 is 0. The van der Waals surface area contributed by atoms with Crippen molar-refractivity contribution in [3.05, 3.63) is 108 Å². The van der Waals surface area contributed by atoms with Gasteiger partial charge in [0.1, 0.15) is 36.3 Å². The molecule has 0 bridgehead atoms. The number of carboxylic acids is 1. The number of nitrogens with one attached hydrogen (secondary N) is 8. The van der Waals surface area contributed by atoms with E-state index < -0.39 is 114 Å². The van der Waals surface area contributed by atoms with Crippen LogP contribution in [0.15, 0.2) is 91.1 Å². The summed E-state index contributed by atoms with van der Waals surface area (Å²) in [5.41, 5.74) is 15.0. The second kappa shape index (κ2) is 31.4. The van der Waals surface area contributed by atoms with E-state index >= 15 is 0 Å². The maximum atomic E-state index is 14.7. The van der Waals surface area contributed by atoms with Crippen molar-refractivity contribution in [1.82, 2.24) is 42.2 Å². The average molecular weight is 1080 g/mol. The van der Waals surface area contributed by atoms with Crippen LogP contribution in [0.5, 0.6) is 0 Å². The number of unbranched alkanes of at least 4 members (excludes halogenated alkanes) is 1. The lowest BCUT2D eigenvalue weighted by atomic mass is 10.0. The normalized spacial score (nSPS) is 21.9. The van der Waals surface area contributed by atoms with Crippen LogP contribution in [0.2, 0.25) is 0 Å². The lowest BCUT2D eigenvalue weighted by Gasteiger charge is -2.29. The van der Waals surface area contributed by atoms with Gasteiger partial charge in [-0.25, -0.2) is 0 Å². The minimum absolute atomic E-state index is 0.0340. The van der Waals surface area contributed by atoms with Crippen LogP contribution in [0.4, 0.5) is 0 Å². The molecule has 4 aromatic rings. The number of hydrogen-bond donors (Lipinski definition) is 14. The van der Waals surface area contributed by atoms with Crippen molar-refractivity contribution in [2.24, 2.45) is 11.5 Å². The highest BCUT2D eigenvalue weighted by molar-refractivity contribution is 8.76. The molecule has 0 radical (unpaired) electrons. The van der Waals surface area contributed by atoms with Crippen molar-refractivity contribution in [3.63, 3.8) is 0 Å². The molecule has 7 amide bonds. The number of hydrogen-bond acceptors (Lipinski definition) is 15. The van der Waals surface area contributed by atoms with E-state index in [1.54, 1.807) is 60.8 Å². The van der Waals surface area contributed by atoms with Crippen LogP contribution in [0.25, 0.3) is 10.9 Å². The van der Waals surface area contributed by atoms with Crippen LogP contribution in [0.1, 0.15) is 56.7 Å². The first-order valence-corrected chi connectivity index (χ1v) is 26.9. The molecule has 1 aromatic heterocycles. The Labute approximate surface area is 442 Å². The van der Waals surface area contributed by atoms with Crippen molar-refractivity contribution >= 4 is 79.8 Å². The minimum atomic E-state index is -1.66. The summed E-state index contributed by atoms with van der Waals surface area (Å²) in [6.07, 6.45) is -0.156. The van der Waals surface area contributed by atoms with Crippen LogP contribution >= 0.6 is 21.6 Å². The molecular weight excluding hydrogens is 1010 g/mol. The van der Waals surface area contributed by atoms with Gasteiger partial charge in [0.15, 0.2) is 0 Å². The summed E-state index contributed by atoms with van der Waals surface area (Å²) in [6, 6.07) is 14.6. The number of nitrogens with two attached hydrogens (primary N) is 2. The first-order valence-electron chi connectivity index (χ1n) is 24.4. The van der Waals surface area contributed by atoms with Gasteiger partial charge in [-0.2, -0.15) is 0 Å². The van der Waals surface area contributed by atoms with E-state index in [4.69, 9.17) is 21.4 Å². The first-order chi connectivity index (χ1) is 35.8. The molecule has 0 saturated carbocycles. The van der Waals surface area contributed by atoms with Gasteiger partial charge >= 0.3 is 0 Å². The van der Waals surface area contributed by atoms with Gasteiger partial charge in [0.2, 0.25) is 41.4 Å². The van der Waals surface area contributed by atoms with Crippen molar-refractivity contribution < 1.29 is 58.8 Å². The van der Waals surface area contributed by atoms with Gasteiger partial charge < -0.3 is 74.1 Å². The number of amides is 7. The topological polar surface area (TPSA) is 370 Å². The maximum Gasteiger partial charge on any atom is 0.300 e. The Hall–Kier alpha value is -6.54. The number of carbonyl (C=O) groups excluding carboxylic acids is 7. The molecule has 1 aliphatic rings. The van der Waals surface area contributed by atoms with Gasteiger partial charge in [0, 0.05) is 48.4 Å². The number of aliphatic hydroxyl groups is 3. The summed E-state index contributed by atoms with van der Waals surface area (Å²) >= 11 is 0. The number of aromatic amines is 1. The zero-order chi connectivity index (χ0) is 55.0. The summed E-state index contributed by atoms with van der Waals surface area (Å²) in [7, 11) is 2.06. The lowest BCUT2D eigenvalue weighted by Crippen LogP contribution is -2.62. The predicted octanol–water partition coefficient (Wildman–Crippen LogP) is -0.714. The summed E-state index contributed by atoms with van der Waals surface area (Å²) in [5.74, 6) is -6.84. The standard InChI is InChI=1S/C49H66N10O10S2.C2H4O2/c1-28(61)39(25-60)56-48(68)41-27-71-70-26-40(57-43(63)34(51)21-30-13-5-3-6-14-30)47(67)54-37(22-31-15-7-4-8-16-31)45(65)55-38(23-32-24-52-35-18-10-9-17-33(32)35)46(66)53-36(19-11-12-20-50)44(64)59-42(29(2)62)49(69)58-41;1-2(3)4/h3-10,13-18,24,28-29,34,36-42,52,60-62H,11-12,19-23,25-27,50-51H2,1-2H3,(H,53,66)(H,54,67)(H,55,65)(H,56,68)(H,57,63)(H,58,69)(H,59,64);1H3,(H,3,4)/t28-,29?,34-,36+,37+,38-,39-,40+,41?,42?;/m1./s1. The highest BCUT2D eigenvalue weighted by Crippen LogP contribution is 2.24. The van der Waals surface area contributed by atoms with Crippen LogP contribution in [-0.2, 0) is 57.6 Å². The van der Waals surface area contributed by atoms with E-state index in [0.29, 0.717) is 24.0 Å². The Bertz CT molecular complexity index is 2500. The van der Waals surface area contributed by atoms with E-state index in [2.05, 4.69) is 42.2 Å². The van der Waals surface area contributed by atoms with Gasteiger partial charge in [-0.3, -0.25) is 38.4 Å². The highest BCUT2D eigenvalue weighted by atomic mass is 33.1. The summed E-state index contributed by atoms with van der Waals surface area (Å²) in [4.78, 5) is 112. The number of benzene rings is 3. The zero-order valence-electron chi connectivity index (χ0n) is 42.0. The van der Waals surface area contributed by atoms with Crippen LogP contribution < -0.4 is 48.7 Å². The Morgan fingerprint density at radius 1 is 0.720 bits per heavy atom. The molecule has 3 aromatic carbocycles. The third-order valence-electron chi connectivity index (χ3n) is 11.9. The van der Waals surface area contributed by atoms with E-state index in [-0.39, 0.29) is 43.7 Å². The molecule has 22 nitrogen and oxygen atoms in total. The number of H-pyrrole nitrogens is 1. The Morgan fingerprint density at radius 3 is 1.89 bits per heavy atom. The smallest absolute Gasteiger partial charge is 0.300 e. The summed E-state index contributed by atoms with van der Waals surface area (Å²) in [5, 5.41) is 57.9. The first kappa shape index (κ1) is 61.0. The van der Waals surface area contributed by atoms with E-state index in [0.717, 1.165) is 45.0 Å². The van der Waals surface area contributed by atoms with Crippen molar-refractivity contribution in [2.45, 2.75) is 120 Å². The largest absolute Gasteiger partial charge is 0.481 e. The number of aliphatic carboxylic acids is 1. The van der Waals surface area contributed by atoms with Gasteiger partial charge in [0.25, 0.3) is 5.97 Å². The number of carboxylic acid groups (broad SMARTS) is 1. The van der Waals surface area contributed by atoms with E-state index in [1.807, 2.05) is 30.3 Å². The molecule has 1 saturated heterocycles. The van der Waals surface area contributed by atoms with Crippen molar-refractivity contribution in [3.8, 4) is 0 Å². The maximum absolute atomic E-state index is 14.7. The van der Waals surface area contributed by atoms with Gasteiger partial charge in [-0.15, -0.1) is 0 Å². The van der Waals surface area contributed by atoms with Crippen molar-refractivity contribution in [2.75, 3.05) is 24.7 Å². The highest BCUT2D eigenvalue weighted by Gasteiger charge is 2.36. The monoisotopic (exact) mass is 1080 g/mol. The van der Waals surface area contributed by atoms with E-state index in [9.17, 15) is 48.9 Å². The van der Waals surface area contributed by atoms with Crippen LogP contribution in [0, 0.1) is 0 Å².